The zero-order valence-corrected chi connectivity index (χ0v) is 15.2. The van der Waals surface area contributed by atoms with Crippen LogP contribution in [-0.2, 0) is 4.74 Å². The van der Waals surface area contributed by atoms with Gasteiger partial charge in [-0.1, -0.05) is 12.1 Å². The molecule has 3 rings (SSSR count). The van der Waals surface area contributed by atoms with Crippen LogP contribution in [0.4, 0.5) is 11.4 Å². The van der Waals surface area contributed by atoms with E-state index in [1.54, 1.807) is 25.3 Å². The van der Waals surface area contributed by atoms with E-state index < -0.39 is 0 Å². The van der Waals surface area contributed by atoms with Gasteiger partial charge in [0.15, 0.2) is 5.78 Å². The highest BCUT2D eigenvalue weighted by molar-refractivity contribution is 6.05. The highest BCUT2D eigenvalue weighted by atomic mass is 16.5. The summed E-state index contributed by atoms with van der Waals surface area (Å²) >= 11 is 0. The third kappa shape index (κ3) is 4.64. The van der Waals surface area contributed by atoms with Crippen LogP contribution in [0.25, 0.3) is 0 Å². The topological polar surface area (TPSA) is 50.8 Å². The van der Waals surface area contributed by atoms with E-state index in [0.29, 0.717) is 11.3 Å². The van der Waals surface area contributed by atoms with E-state index in [9.17, 15) is 4.79 Å². The lowest BCUT2D eigenvalue weighted by Crippen LogP contribution is -2.36. The second-order valence-electron chi connectivity index (χ2n) is 6.19. The van der Waals surface area contributed by atoms with Gasteiger partial charge in [0.1, 0.15) is 5.75 Å². The normalized spacial score (nSPS) is 14.8. The molecule has 0 aromatic heterocycles. The molecule has 5 nitrogen and oxygen atoms in total. The number of anilines is 2. The molecule has 0 amide bonds. The molecule has 0 unspecified atom stereocenters. The Morgan fingerprint density at radius 2 is 1.88 bits per heavy atom. The van der Waals surface area contributed by atoms with Gasteiger partial charge in [0.05, 0.1) is 20.3 Å². The number of ether oxygens (including phenoxy) is 2. The maximum Gasteiger partial charge on any atom is 0.187 e. The molecule has 1 aliphatic rings. The van der Waals surface area contributed by atoms with Crippen molar-refractivity contribution in [1.29, 1.82) is 0 Å². The SMILES string of the molecule is COc1cccc(C(=O)C=C(C)Nc2ccc(N3CCOCC3)cc2)c1. The minimum atomic E-state index is -0.0566. The van der Waals surface area contributed by atoms with Crippen molar-refractivity contribution in [3.05, 3.63) is 65.9 Å². The van der Waals surface area contributed by atoms with Gasteiger partial charge in [-0.25, -0.2) is 0 Å². The number of methoxy groups -OCH3 is 1. The van der Waals surface area contributed by atoms with Gasteiger partial charge in [-0.05, 0) is 43.3 Å². The first-order valence-corrected chi connectivity index (χ1v) is 8.72. The summed E-state index contributed by atoms with van der Waals surface area (Å²) in [6, 6.07) is 15.4. The first-order chi connectivity index (χ1) is 12.7. The molecular weight excluding hydrogens is 328 g/mol. The number of rotatable bonds is 6. The van der Waals surface area contributed by atoms with Crippen molar-refractivity contribution < 1.29 is 14.3 Å². The van der Waals surface area contributed by atoms with Crippen molar-refractivity contribution in [2.75, 3.05) is 43.6 Å². The molecule has 2 aromatic rings. The Labute approximate surface area is 154 Å². The minimum absolute atomic E-state index is 0.0566. The summed E-state index contributed by atoms with van der Waals surface area (Å²) < 4.78 is 10.6. The summed E-state index contributed by atoms with van der Waals surface area (Å²) in [4.78, 5) is 14.7. The molecule has 26 heavy (non-hydrogen) atoms. The number of hydrogen-bond donors (Lipinski definition) is 1. The number of morpholine rings is 1. The molecule has 1 fully saturated rings. The number of carbonyl (C=O) groups is 1. The number of ketones is 1. The number of nitrogens with one attached hydrogen (secondary N) is 1. The monoisotopic (exact) mass is 352 g/mol. The van der Waals surface area contributed by atoms with E-state index in [1.807, 2.05) is 31.2 Å². The van der Waals surface area contributed by atoms with Gasteiger partial charge in [-0.3, -0.25) is 4.79 Å². The number of hydrogen-bond acceptors (Lipinski definition) is 5. The van der Waals surface area contributed by atoms with Crippen LogP contribution in [0.2, 0.25) is 0 Å². The first-order valence-electron chi connectivity index (χ1n) is 8.72. The maximum atomic E-state index is 12.4. The van der Waals surface area contributed by atoms with Crippen LogP contribution < -0.4 is 15.0 Å². The standard InChI is InChI=1S/C21H24N2O3/c1-16(14-21(24)17-4-3-5-20(15-17)25-2)22-18-6-8-19(9-7-18)23-10-12-26-13-11-23/h3-9,14-15,22H,10-13H2,1-2H3. The van der Waals surface area contributed by atoms with Crippen LogP contribution >= 0.6 is 0 Å². The van der Waals surface area contributed by atoms with Crippen molar-refractivity contribution in [2.45, 2.75) is 6.92 Å². The van der Waals surface area contributed by atoms with Gasteiger partial charge < -0.3 is 19.7 Å². The Kier molecular flexibility index (Phi) is 5.92. The Bertz CT molecular complexity index is 778. The average Bonchev–Trinajstić information content (AvgIpc) is 2.69. The molecule has 0 radical (unpaired) electrons. The van der Waals surface area contributed by atoms with Crippen LogP contribution in [-0.4, -0.2) is 39.2 Å². The molecule has 1 N–H and O–H groups in total. The lowest BCUT2D eigenvalue weighted by atomic mass is 10.1. The van der Waals surface area contributed by atoms with E-state index in [4.69, 9.17) is 9.47 Å². The summed E-state index contributed by atoms with van der Waals surface area (Å²) in [6.45, 7) is 5.26. The van der Waals surface area contributed by atoms with E-state index >= 15 is 0 Å². The Morgan fingerprint density at radius 3 is 2.58 bits per heavy atom. The fourth-order valence-corrected chi connectivity index (χ4v) is 2.90. The Morgan fingerprint density at radius 1 is 1.15 bits per heavy atom. The summed E-state index contributed by atoms with van der Waals surface area (Å²) in [6.07, 6.45) is 1.60. The third-order valence-electron chi connectivity index (χ3n) is 4.29. The van der Waals surface area contributed by atoms with Crippen molar-refractivity contribution in [3.8, 4) is 5.75 Å². The van der Waals surface area contributed by atoms with E-state index in [0.717, 1.165) is 37.7 Å². The molecule has 0 saturated carbocycles. The van der Waals surface area contributed by atoms with Crippen molar-refractivity contribution in [3.63, 3.8) is 0 Å². The van der Waals surface area contributed by atoms with Gasteiger partial charge in [-0.15, -0.1) is 0 Å². The molecule has 0 spiro atoms. The first kappa shape index (κ1) is 18.0. The van der Waals surface area contributed by atoms with Gasteiger partial charge in [0.25, 0.3) is 0 Å². The molecule has 0 bridgehead atoms. The molecule has 1 saturated heterocycles. The summed E-state index contributed by atoms with van der Waals surface area (Å²) in [5.74, 6) is 0.618. The second-order valence-corrected chi connectivity index (χ2v) is 6.19. The van der Waals surface area contributed by atoms with Crippen molar-refractivity contribution in [2.24, 2.45) is 0 Å². The van der Waals surface area contributed by atoms with Crippen LogP contribution in [0.5, 0.6) is 5.75 Å². The Balaban J connectivity index is 1.63. The molecular formula is C21H24N2O3. The molecule has 1 heterocycles. The number of allylic oxidation sites excluding steroid dienone is 2. The summed E-state index contributed by atoms with van der Waals surface area (Å²) in [5.41, 5.74) is 3.53. The van der Waals surface area contributed by atoms with E-state index in [2.05, 4.69) is 22.3 Å². The smallest absolute Gasteiger partial charge is 0.187 e. The van der Waals surface area contributed by atoms with Crippen LogP contribution in [0.3, 0.4) is 0 Å². The molecule has 136 valence electrons. The van der Waals surface area contributed by atoms with Gasteiger partial charge >= 0.3 is 0 Å². The number of carbonyl (C=O) groups excluding carboxylic acids is 1. The summed E-state index contributed by atoms with van der Waals surface area (Å²) in [7, 11) is 1.59. The predicted octanol–water partition coefficient (Wildman–Crippen LogP) is 3.73. The quantitative estimate of drug-likeness (QED) is 0.634. The lowest BCUT2D eigenvalue weighted by molar-refractivity contribution is 0.104. The molecule has 0 aliphatic carbocycles. The largest absolute Gasteiger partial charge is 0.497 e. The zero-order chi connectivity index (χ0) is 18.4. The van der Waals surface area contributed by atoms with Gasteiger partial charge in [-0.2, -0.15) is 0 Å². The lowest BCUT2D eigenvalue weighted by Gasteiger charge is -2.29. The molecule has 0 atom stereocenters. The minimum Gasteiger partial charge on any atom is -0.497 e. The number of nitrogens with zero attached hydrogens (tertiary/aromatic N) is 1. The van der Waals surface area contributed by atoms with E-state index in [1.165, 1.54) is 5.69 Å². The highest BCUT2D eigenvalue weighted by Gasteiger charge is 2.11. The fraction of sp³-hybridized carbons (Fsp3) is 0.286. The van der Waals surface area contributed by atoms with Crippen molar-refractivity contribution >= 4 is 17.2 Å². The Hall–Kier alpha value is -2.79. The zero-order valence-electron chi connectivity index (χ0n) is 15.2. The third-order valence-corrected chi connectivity index (χ3v) is 4.29. The molecule has 2 aromatic carbocycles. The van der Waals surface area contributed by atoms with Crippen molar-refractivity contribution in [1.82, 2.24) is 0 Å². The van der Waals surface area contributed by atoms with Gasteiger partial charge in [0.2, 0.25) is 0 Å². The number of benzene rings is 2. The molecule has 5 heteroatoms. The average molecular weight is 352 g/mol. The van der Waals surface area contributed by atoms with Gasteiger partial charge in [0, 0.05) is 41.8 Å². The summed E-state index contributed by atoms with van der Waals surface area (Å²) in [5, 5.41) is 3.27. The van der Waals surface area contributed by atoms with E-state index in [-0.39, 0.29) is 5.78 Å². The van der Waals surface area contributed by atoms with Crippen LogP contribution in [0.1, 0.15) is 17.3 Å². The second kappa shape index (κ2) is 8.54. The molecule has 1 aliphatic heterocycles. The van der Waals surface area contributed by atoms with Crippen LogP contribution in [0, 0.1) is 0 Å². The van der Waals surface area contributed by atoms with Crippen LogP contribution in [0.15, 0.2) is 60.3 Å². The maximum absolute atomic E-state index is 12.4. The predicted molar refractivity (Wildman–Crippen MR) is 104 cm³/mol. The highest BCUT2D eigenvalue weighted by Crippen LogP contribution is 2.20. The fourth-order valence-electron chi connectivity index (χ4n) is 2.90.